The minimum atomic E-state index is -0.269. The third-order valence-electron chi connectivity index (χ3n) is 2.71. The summed E-state index contributed by atoms with van der Waals surface area (Å²) in [6.45, 7) is 2.22. The monoisotopic (exact) mass is 243 g/mol. The smallest absolute Gasteiger partial charge is 0.330 e. The second kappa shape index (κ2) is 6.05. The van der Waals surface area contributed by atoms with Gasteiger partial charge < -0.3 is 9.72 Å². The molecule has 0 amide bonds. The van der Waals surface area contributed by atoms with Gasteiger partial charge in [0.1, 0.15) is 0 Å². The number of hydrogen-bond acceptors (Lipinski definition) is 2. The molecule has 0 fully saturated rings. The van der Waals surface area contributed by atoms with Crippen molar-refractivity contribution in [3.8, 4) is 0 Å². The van der Waals surface area contributed by atoms with Crippen molar-refractivity contribution in [3.63, 3.8) is 0 Å². The fourth-order valence-corrected chi connectivity index (χ4v) is 1.88. The molecule has 0 unspecified atom stereocenters. The molecule has 18 heavy (non-hydrogen) atoms. The lowest BCUT2D eigenvalue weighted by Gasteiger charge is -1.95. The molecular weight excluding hydrogens is 226 g/mol. The van der Waals surface area contributed by atoms with E-state index < -0.39 is 0 Å². The summed E-state index contributed by atoms with van der Waals surface area (Å²) in [6.07, 6.45) is 5.06. The van der Waals surface area contributed by atoms with Crippen LogP contribution in [0.4, 0.5) is 0 Å². The van der Waals surface area contributed by atoms with Gasteiger partial charge in [0, 0.05) is 17.3 Å². The largest absolute Gasteiger partial charge is 0.463 e. The number of aryl methyl sites for hydroxylation is 1. The lowest BCUT2D eigenvalue weighted by atomic mass is 10.2. The van der Waals surface area contributed by atoms with E-state index in [-0.39, 0.29) is 5.97 Å². The molecule has 0 spiro atoms. The molecule has 0 aliphatic carbocycles. The molecule has 2 aromatic rings. The van der Waals surface area contributed by atoms with E-state index in [1.165, 1.54) is 17.2 Å². The van der Waals surface area contributed by atoms with E-state index in [0.29, 0.717) is 6.61 Å². The van der Waals surface area contributed by atoms with E-state index in [1.807, 2.05) is 18.2 Å². The van der Waals surface area contributed by atoms with Gasteiger partial charge in [-0.1, -0.05) is 24.3 Å². The topological polar surface area (TPSA) is 42.1 Å². The highest BCUT2D eigenvalue weighted by Crippen LogP contribution is 2.15. The van der Waals surface area contributed by atoms with Gasteiger partial charge in [0.15, 0.2) is 0 Å². The van der Waals surface area contributed by atoms with Crippen molar-refractivity contribution in [3.05, 3.63) is 48.2 Å². The highest BCUT2D eigenvalue weighted by atomic mass is 16.5. The van der Waals surface area contributed by atoms with Gasteiger partial charge in [-0.25, -0.2) is 4.79 Å². The lowest BCUT2D eigenvalue weighted by Crippen LogP contribution is -1.98. The molecule has 0 aliphatic rings. The standard InChI is InChI=1S/C15H17NO2/c1-2-18-15(17)10-6-4-8-13-11-12-7-3-5-9-14(12)16-13/h3,5-7,9-11,16H,2,4,8H2,1H3/b10-6+. The fraction of sp³-hybridized carbons (Fsp3) is 0.267. The first-order chi connectivity index (χ1) is 8.79. The number of ether oxygens (including phenoxy) is 1. The number of hydrogen-bond donors (Lipinski definition) is 1. The molecule has 0 saturated heterocycles. The molecule has 1 N–H and O–H groups in total. The van der Waals surface area contributed by atoms with Crippen molar-refractivity contribution in [2.24, 2.45) is 0 Å². The third-order valence-corrected chi connectivity index (χ3v) is 2.71. The number of para-hydroxylation sites is 1. The van der Waals surface area contributed by atoms with Crippen LogP contribution in [-0.4, -0.2) is 17.6 Å². The normalized spacial score (nSPS) is 11.2. The van der Waals surface area contributed by atoms with Gasteiger partial charge in [-0.15, -0.1) is 0 Å². The molecule has 0 radical (unpaired) electrons. The second-order valence-corrected chi connectivity index (χ2v) is 4.07. The number of allylic oxidation sites excluding steroid dienone is 1. The van der Waals surface area contributed by atoms with Gasteiger partial charge in [0.25, 0.3) is 0 Å². The first-order valence-corrected chi connectivity index (χ1v) is 6.19. The van der Waals surface area contributed by atoms with Crippen LogP contribution in [-0.2, 0) is 16.0 Å². The van der Waals surface area contributed by atoms with Gasteiger partial charge in [0.2, 0.25) is 0 Å². The average molecular weight is 243 g/mol. The minimum Gasteiger partial charge on any atom is -0.463 e. The molecule has 2 rings (SSSR count). The van der Waals surface area contributed by atoms with Gasteiger partial charge in [-0.3, -0.25) is 0 Å². The van der Waals surface area contributed by atoms with E-state index in [0.717, 1.165) is 18.4 Å². The molecule has 3 heteroatoms. The van der Waals surface area contributed by atoms with Gasteiger partial charge in [-0.05, 0) is 37.3 Å². The summed E-state index contributed by atoms with van der Waals surface area (Å²) in [4.78, 5) is 14.4. The van der Waals surface area contributed by atoms with Crippen molar-refractivity contribution in [1.82, 2.24) is 4.98 Å². The van der Waals surface area contributed by atoms with Crippen molar-refractivity contribution < 1.29 is 9.53 Å². The number of H-pyrrole nitrogens is 1. The third kappa shape index (κ3) is 3.23. The van der Waals surface area contributed by atoms with Crippen LogP contribution in [0.2, 0.25) is 0 Å². The van der Waals surface area contributed by atoms with Crippen LogP contribution in [0.5, 0.6) is 0 Å². The Kier molecular flexibility index (Phi) is 4.18. The van der Waals surface area contributed by atoms with E-state index in [1.54, 1.807) is 6.92 Å². The second-order valence-electron chi connectivity index (χ2n) is 4.07. The quantitative estimate of drug-likeness (QED) is 0.647. The fourth-order valence-electron chi connectivity index (χ4n) is 1.88. The Balaban J connectivity index is 1.88. The Labute approximate surface area is 106 Å². The molecule has 0 aliphatic heterocycles. The summed E-state index contributed by atoms with van der Waals surface area (Å²) in [5.74, 6) is -0.269. The number of fused-ring (bicyclic) bond motifs is 1. The van der Waals surface area contributed by atoms with Gasteiger partial charge in [-0.2, -0.15) is 0 Å². The summed E-state index contributed by atoms with van der Waals surface area (Å²) < 4.78 is 4.81. The van der Waals surface area contributed by atoms with Crippen LogP contribution in [0, 0.1) is 0 Å². The molecule has 3 nitrogen and oxygen atoms in total. The number of carbonyl (C=O) groups is 1. The van der Waals surface area contributed by atoms with Gasteiger partial charge >= 0.3 is 5.97 Å². The average Bonchev–Trinajstić information content (AvgIpc) is 2.77. The zero-order chi connectivity index (χ0) is 12.8. The molecule has 1 aromatic carbocycles. The maximum atomic E-state index is 11.1. The number of aromatic amines is 1. The number of carbonyl (C=O) groups excluding carboxylic acids is 1. The predicted octanol–water partition coefficient (Wildman–Crippen LogP) is 3.22. The van der Waals surface area contributed by atoms with Crippen LogP contribution in [0.25, 0.3) is 10.9 Å². The Morgan fingerprint density at radius 3 is 3.00 bits per heavy atom. The molecule has 1 aromatic heterocycles. The van der Waals surface area contributed by atoms with Crippen molar-refractivity contribution in [1.29, 1.82) is 0 Å². The summed E-state index contributed by atoms with van der Waals surface area (Å²) in [5, 5.41) is 1.22. The van der Waals surface area contributed by atoms with E-state index in [2.05, 4.69) is 23.2 Å². The molecule has 94 valence electrons. The Morgan fingerprint density at radius 2 is 2.22 bits per heavy atom. The number of esters is 1. The van der Waals surface area contributed by atoms with Crippen LogP contribution in [0.3, 0.4) is 0 Å². The summed E-state index contributed by atoms with van der Waals surface area (Å²) in [6, 6.07) is 10.3. The molecule has 1 heterocycles. The van der Waals surface area contributed by atoms with Crippen LogP contribution in [0.1, 0.15) is 19.0 Å². The summed E-state index contributed by atoms with van der Waals surface area (Å²) in [5.41, 5.74) is 2.34. The van der Waals surface area contributed by atoms with Crippen LogP contribution >= 0.6 is 0 Å². The van der Waals surface area contributed by atoms with Crippen LogP contribution in [0.15, 0.2) is 42.5 Å². The van der Waals surface area contributed by atoms with Crippen molar-refractivity contribution >= 4 is 16.9 Å². The first kappa shape index (κ1) is 12.4. The number of rotatable bonds is 5. The number of benzene rings is 1. The predicted molar refractivity (Wildman–Crippen MR) is 72.4 cm³/mol. The Bertz CT molecular complexity index is 521. The molecular formula is C15H17NO2. The van der Waals surface area contributed by atoms with Crippen molar-refractivity contribution in [2.75, 3.05) is 6.61 Å². The van der Waals surface area contributed by atoms with E-state index in [4.69, 9.17) is 4.74 Å². The Hall–Kier alpha value is -2.03. The lowest BCUT2D eigenvalue weighted by molar-refractivity contribution is -0.137. The molecule has 0 bridgehead atoms. The zero-order valence-electron chi connectivity index (χ0n) is 10.5. The molecule has 0 atom stereocenters. The zero-order valence-corrected chi connectivity index (χ0v) is 10.5. The summed E-state index contributed by atoms with van der Waals surface area (Å²) in [7, 11) is 0. The first-order valence-electron chi connectivity index (χ1n) is 6.19. The van der Waals surface area contributed by atoms with Crippen molar-refractivity contribution in [2.45, 2.75) is 19.8 Å². The van der Waals surface area contributed by atoms with E-state index in [9.17, 15) is 4.79 Å². The number of nitrogens with one attached hydrogen (secondary N) is 1. The summed E-state index contributed by atoms with van der Waals surface area (Å²) >= 11 is 0. The van der Waals surface area contributed by atoms with Gasteiger partial charge in [0.05, 0.1) is 6.61 Å². The highest BCUT2D eigenvalue weighted by Gasteiger charge is 1.99. The van der Waals surface area contributed by atoms with E-state index >= 15 is 0 Å². The number of aromatic nitrogens is 1. The maximum Gasteiger partial charge on any atom is 0.330 e. The highest BCUT2D eigenvalue weighted by molar-refractivity contribution is 5.82. The SMILES string of the molecule is CCOC(=O)/C=C/CCc1cc2ccccc2[nH]1. The Morgan fingerprint density at radius 1 is 1.39 bits per heavy atom. The van der Waals surface area contributed by atoms with Crippen LogP contribution < -0.4 is 0 Å². The minimum absolute atomic E-state index is 0.269. The maximum absolute atomic E-state index is 11.1. The molecule has 0 saturated carbocycles.